The highest BCUT2D eigenvalue weighted by Gasteiger charge is 2.52. The maximum absolute atomic E-state index is 13.6. The van der Waals surface area contributed by atoms with Crippen molar-refractivity contribution < 1.29 is 22.4 Å². The number of aryl methyl sites for hydroxylation is 1. The summed E-state index contributed by atoms with van der Waals surface area (Å²) in [6.45, 7) is 7.96. The summed E-state index contributed by atoms with van der Waals surface area (Å²) in [5, 5.41) is 1.66. The maximum atomic E-state index is 13.6. The molecule has 1 saturated heterocycles. The van der Waals surface area contributed by atoms with Crippen molar-refractivity contribution in [2.75, 3.05) is 6.61 Å². The van der Waals surface area contributed by atoms with E-state index in [2.05, 4.69) is 20.8 Å². The fourth-order valence-corrected chi connectivity index (χ4v) is 11.2. The van der Waals surface area contributed by atoms with E-state index < -0.39 is 30.3 Å². The fourth-order valence-electron chi connectivity index (χ4n) is 5.06. The van der Waals surface area contributed by atoms with Crippen LogP contribution in [0.15, 0.2) is 89.8 Å². The minimum atomic E-state index is -4.24. The van der Waals surface area contributed by atoms with Crippen molar-refractivity contribution in [2.45, 2.75) is 56.5 Å². The largest absolute Gasteiger partial charge is 0.405 e. The van der Waals surface area contributed by atoms with Crippen LogP contribution in [0.5, 0.6) is 0 Å². The topological polar surface area (TPSA) is 80.8 Å². The molecule has 0 unspecified atom stereocenters. The van der Waals surface area contributed by atoms with Crippen molar-refractivity contribution in [2.24, 2.45) is 0 Å². The zero-order valence-corrected chi connectivity index (χ0v) is 23.5. The number of Topliss-reactive ketones (excluding diaryl/α,β-unsaturated/α-hetero) is 1. The molecule has 0 saturated carbocycles. The number of ketones is 1. The molecule has 3 aromatic carbocycles. The third-order valence-corrected chi connectivity index (χ3v) is 13.8. The summed E-state index contributed by atoms with van der Waals surface area (Å²) >= 11 is 0. The van der Waals surface area contributed by atoms with Gasteiger partial charge in [0.05, 0.1) is 11.5 Å². The number of amides is 1. The molecule has 6 nitrogen and oxygen atoms in total. The second-order valence-electron chi connectivity index (χ2n) is 10.5. The van der Waals surface area contributed by atoms with Gasteiger partial charge in [-0.25, -0.2) is 12.7 Å². The zero-order chi connectivity index (χ0) is 26.8. The molecule has 1 aliphatic rings. The van der Waals surface area contributed by atoms with Gasteiger partial charge >= 0.3 is 0 Å². The van der Waals surface area contributed by atoms with Gasteiger partial charge in [-0.1, -0.05) is 99.1 Å². The summed E-state index contributed by atoms with van der Waals surface area (Å²) in [5.41, 5.74) is 0.895. The number of hydrogen-bond acceptors (Lipinski definition) is 5. The van der Waals surface area contributed by atoms with Crippen LogP contribution in [0.1, 0.15) is 39.2 Å². The van der Waals surface area contributed by atoms with E-state index in [4.69, 9.17) is 4.43 Å². The van der Waals surface area contributed by atoms with Crippen LogP contribution in [0.3, 0.4) is 0 Å². The monoisotopic (exact) mass is 535 g/mol. The predicted molar refractivity (Wildman–Crippen MR) is 147 cm³/mol. The summed E-state index contributed by atoms with van der Waals surface area (Å²) in [6.07, 6.45) is -0.146. The van der Waals surface area contributed by atoms with E-state index in [-0.39, 0.29) is 35.2 Å². The van der Waals surface area contributed by atoms with Gasteiger partial charge in [-0.15, -0.1) is 0 Å². The Kier molecular flexibility index (Phi) is 7.55. The number of piperidine rings is 1. The molecule has 1 heterocycles. The summed E-state index contributed by atoms with van der Waals surface area (Å²) in [7, 11) is -7.29. The van der Waals surface area contributed by atoms with Crippen LogP contribution in [-0.2, 0) is 24.0 Å². The molecule has 0 aromatic heterocycles. The van der Waals surface area contributed by atoms with Crippen LogP contribution in [0.25, 0.3) is 0 Å². The minimum Gasteiger partial charge on any atom is -0.405 e. The lowest BCUT2D eigenvalue weighted by Crippen LogP contribution is -2.68. The van der Waals surface area contributed by atoms with Crippen LogP contribution < -0.4 is 10.4 Å². The quantitative estimate of drug-likeness (QED) is 0.430. The molecule has 0 spiro atoms. The van der Waals surface area contributed by atoms with Gasteiger partial charge < -0.3 is 4.43 Å². The molecule has 37 heavy (non-hydrogen) atoms. The Morgan fingerprint density at radius 1 is 0.838 bits per heavy atom. The van der Waals surface area contributed by atoms with E-state index in [1.165, 1.54) is 12.1 Å². The first-order valence-corrected chi connectivity index (χ1v) is 15.7. The van der Waals surface area contributed by atoms with Gasteiger partial charge in [0.25, 0.3) is 18.3 Å². The van der Waals surface area contributed by atoms with Gasteiger partial charge in [0.1, 0.15) is 6.04 Å². The van der Waals surface area contributed by atoms with Gasteiger partial charge in [0.15, 0.2) is 5.78 Å². The van der Waals surface area contributed by atoms with Crippen molar-refractivity contribution >= 4 is 40.4 Å². The molecule has 1 aliphatic heterocycles. The molecule has 3 aromatic rings. The van der Waals surface area contributed by atoms with Gasteiger partial charge in [-0.2, -0.15) is 0 Å². The first-order chi connectivity index (χ1) is 17.5. The number of sulfonamides is 1. The van der Waals surface area contributed by atoms with Gasteiger partial charge in [-0.3, -0.25) is 9.59 Å². The summed E-state index contributed by atoms with van der Waals surface area (Å²) < 4.78 is 34.9. The first kappa shape index (κ1) is 27.0. The predicted octanol–water partition coefficient (Wildman–Crippen LogP) is 3.82. The van der Waals surface area contributed by atoms with Crippen molar-refractivity contribution in [3.05, 3.63) is 90.5 Å². The van der Waals surface area contributed by atoms with Gasteiger partial charge in [0.2, 0.25) is 5.91 Å². The first-order valence-electron chi connectivity index (χ1n) is 12.4. The molecule has 0 radical (unpaired) electrons. The molecule has 0 bridgehead atoms. The second kappa shape index (κ2) is 10.4. The number of benzene rings is 3. The standard InChI is InChI=1S/C29H33NO5SSi/c1-22-15-17-23(18-16-22)36(33,34)30-26(27(31)19-20-28(30)32)21-35-37(29(2,3)4,24-11-7-5-8-12-24)25-13-9-6-10-14-25/h5-18,26H,19-21H2,1-4H3/t26-/m0/s1. The van der Waals surface area contributed by atoms with E-state index >= 15 is 0 Å². The molecule has 8 heteroatoms. The normalized spacial score (nSPS) is 17.2. The third kappa shape index (κ3) is 5.06. The molecule has 0 aliphatic carbocycles. The summed E-state index contributed by atoms with van der Waals surface area (Å²) in [4.78, 5) is 26.2. The maximum Gasteiger partial charge on any atom is 0.267 e. The second-order valence-corrected chi connectivity index (χ2v) is 16.6. The number of hydrogen-bond donors (Lipinski definition) is 0. The fraction of sp³-hybridized carbons (Fsp3) is 0.310. The average molecular weight is 536 g/mol. The van der Waals surface area contributed by atoms with Crippen LogP contribution in [0, 0.1) is 6.92 Å². The van der Waals surface area contributed by atoms with Crippen LogP contribution >= 0.6 is 0 Å². The Labute approximate surface area is 220 Å². The van der Waals surface area contributed by atoms with Gasteiger partial charge in [0, 0.05) is 12.8 Å². The molecule has 1 fully saturated rings. The van der Waals surface area contributed by atoms with Crippen LogP contribution in [0.2, 0.25) is 5.04 Å². The van der Waals surface area contributed by atoms with Crippen LogP contribution in [-0.4, -0.2) is 45.4 Å². The molecular weight excluding hydrogens is 502 g/mol. The lowest BCUT2D eigenvalue weighted by Gasteiger charge is -2.44. The highest BCUT2D eigenvalue weighted by atomic mass is 32.2. The Morgan fingerprint density at radius 2 is 1.35 bits per heavy atom. The third-order valence-electron chi connectivity index (χ3n) is 6.94. The smallest absolute Gasteiger partial charge is 0.267 e. The molecule has 1 amide bonds. The average Bonchev–Trinajstić information content (AvgIpc) is 2.87. The minimum absolute atomic E-state index is 0.00642. The SMILES string of the molecule is Cc1ccc(S(=O)(=O)N2C(=O)CCC(=O)[C@@H]2CO[Si](c2ccccc2)(c2ccccc2)C(C)(C)C)cc1. The molecular formula is C29H33NO5SSi. The number of carbonyl (C=O) groups excluding carboxylic acids is 2. The highest BCUT2D eigenvalue weighted by molar-refractivity contribution is 7.89. The van der Waals surface area contributed by atoms with Crippen molar-refractivity contribution in [3.63, 3.8) is 0 Å². The number of carbonyl (C=O) groups is 2. The molecule has 0 N–H and O–H groups in total. The zero-order valence-electron chi connectivity index (χ0n) is 21.7. The van der Waals surface area contributed by atoms with E-state index in [1.54, 1.807) is 12.1 Å². The van der Waals surface area contributed by atoms with E-state index in [0.29, 0.717) is 0 Å². The molecule has 194 valence electrons. The Morgan fingerprint density at radius 3 is 1.84 bits per heavy atom. The van der Waals surface area contributed by atoms with E-state index in [1.807, 2.05) is 67.6 Å². The van der Waals surface area contributed by atoms with Crippen molar-refractivity contribution in [1.82, 2.24) is 4.31 Å². The molecule has 1 atom stereocenters. The van der Waals surface area contributed by atoms with Crippen molar-refractivity contribution in [3.8, 4) is 0 Å². The Balaban J connectivity index is 1.80. The summed E-state index contributed by atoms with van der Waals surface area (Å²) in [5.74, 6) is -0.899. The lowest BCUT2D eigenvalue weighted by molar-refractivity contribution is -0.140. The Bertz CT molecular complexity index is 1330. The van der Waals surface area contributed by atoms with Gasteiger partial charge in [-0.05, 0) is 34.5 Å². The van der Waals surface area contributed by atoms with E-state index in [0.717, 1.165) is 20.2 Å². The van der Waals surface area contributed by atoms with E-state index in [9.17, 15) is 18.0 Å². The number of nitrogens with zero attached hydrogens (tertiary/aromatic N) is 1. The lowest BCUT2D eigenvalue weighted by atomic mass is 10.0. The summed E-state index contributed by atoms with van der Waals surface area (Å²) in [6, 6.07) is 24.9. The molecule has 4 rings (SSSR count). The highest BCUT2D eigenvalue weighted by Crippen LogP contribution is 2.37. The number of rotatable bonds is 7. The Hall–Kier alpha value is -3.07. The van der Waals surface area contributed by atoms with Crippen LogP contribution in [0.4, 0.5) is 0 Å². The van der Waals surface area contributed by atoms with Crippen molar-refractivity contribution in [1.29, 1.82) is 0 Å².